The van der Waals surface area contributed by atoms with E-state index in [0.717, 1.165) is 7.05 Å². The molecule has 0 atom stereocenters. The van der Waals surface area contributed by atoms with Crippen molar-refractivity contribution in [1.82, 2.24) is 4.98 Å². The summed E-state index contributed by atoms with van der Waals surface area (Å²) in [6, 6.07) is 0. The summed E-state index contributed by atoms with van der Waals surface area (Å²) in [6.07, 6.45) is 1.77. The standard InChI is InChI=1S/C3H3NS.2C2H6.CH3NO2/c1-2-5-3-4-1;2*1-2;1-2(3)4/h1-3H;2*1-2H3;1H3. The van der Waals surface area contributed by atoms with Crippen molar-refractivity contribution in [3.8, 4) is 0 Å². The average Bonchev–Trinajstić information content (AvgIpc) is 2.67. The summed E-state index contributed by atoms with van der Waals surface area (Å²) in [7, 11) is 0.889. The molecule has 1 aromatic rings. The first-order chi connectivity index (χ1) is 6.23. The van der Waals surface area contributed by atoms with E-state index in [4.69, 9.17) is 10.1 Å². The van der Waals surface area contributed by atoms with Gasteiger partial charge >= 0.3 is 0 Å². The van der Waals surface area contributed by atoms with Crippen LogP contribution in [-0.2, 0) is 0 Å². The topological polar surface area (TPSA) is 56.0 Å². The minimum absolute atomic E-state index is 0.500. The third-order valence-corrected chi connectivity index (χ3v) is 0.869. The van der Waals surface area contributed by atoms with Crippen LogP contribution in [0.5, 0.6) is 0 Å². The molecular formula is C8H18N2O2S. The summed E-state index contributed by atoms with van der Waals surface area (Å²) in [5.74, 6) is 0. The second kappa shape index (κ2) is 22.5. The van der Waals surface area contributed by atoms with Crippen LogP contribution in [0.1, 0.15) is 27.7 Å². The van der Waals surface area contributed by atoms with Gasteiger partial charge in [-0.15, -0.1) is 11.3 Å². The molecule has 0 bridgehead atoms. The van der Waals surface area contributed by atoms with Crippen molar-refractivity contribution in [2.24, 2.45) is 0 Å². The lowest BCUT2D eigenvalue weighted by Gasteiger charge is -1.63. The Morgan fingerprint density at radius 1 is 1.31 bits per heavy atom. The van der Waals surface area contributed by atoms with E-state index >= 15 is 0 Å². The molecule has 0 amide bonds. The van der Waals surface area contributed by atoms with Crippen LogP contribution in [0, 0.1) is 10.1 Å². The zero-order valence-corrected chi connectivity index (χ0v) is 9.67. The van der Waals surface area contributed by atoms with Crippen molar-refractivity contribution >= 4 is 11.3 Å². The number of hydrogen-bond donors (Lipinski definition) is 0. The fraction of sp³-hybridized carbons (Fsp3) is 0.625. The summed E-state index contributed by atoms with van der Waals surface area (Å²) >= 11 is 1.60. The highest BCUT2D eigenvalue weighted by molar-refractivity contribution is 7.07. The Labute approximate surface area is 83.8 Å². The van der Waals surface area contributed by atoms with Gasteiger partial charge in [-0.3, -0.25) is 15.1 Å². The van der Waals surface area contributed by atoms with Crippen molar-refractivity contribution in [3.05, 3.63) is 27.2 Å². The van der Waals surface area contributed by atoms with Crippen LogP contribution in [0.2, 0.25) is 0 Å². The molecule has 0 N–H and O–H groups in total. The molecule has 0 aliphatic rings. The van der Waals surface area contributed by atoms with Crippen molar-refractivity contribution in [2.45, 2.75) is 27.7 Å². The minimum Gasteiger partial charge on any atom is -0.265 e. The smallest absolute Gasteiger partial charge is 0.194 e. The van der Waals surface area contributed by atoms with Gasteiger partial charge in [-0.25, -0.2) is 0 Å². The number of nitro groups is 1. The number of hydrogen-bond acceptors (Lipinski definition) is 4. The van der Waals surface area contributed by atoms with Crippen LogP contribution in [-0.4, -0.2) is 17.0 Å². The molecule has 1 heterocycles. The van der Waals surface area contributed by atoms with Crippen molar-refractivity contribution in [1.29, 1.82) is 0 Å². The lowest BCUT2D eigenvalue weighted by Crippen LogP contribution is -1.79. The van der Waals surface area contributed by atoms with E-state index in [2.05, 4.69) is 4.98 Å². The van der Waals surface area contributed by atoms with Crippen LogP contribution in [0.3, 0.4) is 0 Å². The van der Waals surface area contributed by atoms with Gasteiger partial charge in [0.2, 0.25) is 0 Å². The van der Waals surface area contributed by atoms with E-state index in [1.807, 2.05) is 33.1 Å². The highest BCUT2D eigenvalue weighted by Gasteiger charge is 1.59. The Bertz CT molecular complexity index is 134. The molecule has 0 fully saturated rings. The van der Waals surface area contributed by atoms with Crippen LogP contribution >= 0.6 is 11.3 Å². The van der Waals surface area contributed by atoms with Gasteiger partial charge in [0, 0.05) is 16.5 Å². The Kier molecular flexibility index (Phi) is 31.0. The molecule has 1 rings (SSSR count). The summed E-state index contributed by atoms with van der Waals surface area (Å²) in [5.41, 5.74) is 1.79. The van der Waals surface area contributed by atoms with Gasteiger partial charge in [-0.2, -0.15) is 0 Å². The first-order valence-electron chi connectivity index (χ1n) is 4.13. The Morgan fingerprint density at radius 3 is 1.77 bits per heavy atom. The van der Waals surface area contributed by atoms with Crippen LogP contribution in [0.15, 0.2) is 17.1 Å². The van der Waals surface area contributed by atoms with E-state index < -0.39 is 4.92 Å². The molecule has 1 aromatic heterocycles. The van der Waals surface area contributed by atoms with E-state index in [1.54, 1.807) is 23.0 Å². The van der Waals surface area contributed by atoms with Crippen LogP contribution < -0.4 is 0 Å². The first kappa shape index (κ1) is 17.9. The molecule has 78 valence electrons. The maximum Gasteiger partial charge on any atom is 0.194 e. The summed E-state index contributed by atoms with van der Waals surface area (Å²) in [5, 5.41) is 10.7. The Morgan fingerprint density at radius 2 is 1.69 bits per heavy atom. The van der Waals surface area contributed by atoms with Gasteiger partial charge in [0.1, 0.15) is 0 Å². The quantitative estimate of drug-likeness (QED) is 0.484. The summed E-state index contributed by atoms with van der Waals surface area (Å²) < 4.78 is 0. The van der Waals surface area contributed by atoms with Gasteiger partial charge in [0.25, 0.3) is 0 Å². The SMILES string of the molecule is CC.CC.C[N+](=O)[O-].c1cscn1. The molecule has 0 aliphatic carbocycles. The lowest BCUT2D eigenvalue weighted by atomic mass is 11.0. The molecule has 0 saturated heterocycles. The highest BCUT2D eigenvalue weighted by atomic mass is 32.1. The zero-order valence-electron chi connectivity index (χ0n) is 8.85. The average molecular weight is 206 g/mol. The largest absolute Gasteiger partial charge is 0.265 e. The summed E-state index contributed by atoms with van der Waals surface area (Å²) in [6.45, 7) is 8.00. The molecule has 0 aliphatic heterocycles. The van der Waals surface area contributed by atoms with Gasteiger partial charge < -0.3 is 0 Å². The van der Waals surface area contributed by atoms with Gasteiger partial charge in [0.05, 0.1) is 5.51 Å². The molecule has 0 radical (unpaired) electrons. The molecule has 13 heavy (non-hydrogen) atoms. The maximum atomic E-state index is 8.81. The molecule has 4 nitrogen and oxygen atoms in total. The van der Waals surface area contributed by atoms with E-state index in [1.165, 1.54) is 0 Å². The fourth-order valence-corrected chi connectivity index (χ4v) is 0.527. The molecular weight excluding hydrogens is 188 g/mol. The Hall–Kier alpha value is -0.970. The van der Waals surface area contributed by atoms with Gasteiger partial charge in [-0.1, -0.05) is 27.7 Å². The second-order valence-electron chi connectivity index (χ2n) is 1.12. The van der Waals surface area contributed by atoms with E-state index in [-0.39, 0.29) is 0 Å². The van der Waals surface area contributed by atoms with Crippen molar-refractivity contribution in [3.63, 3.8) is 0 Å². The predicted octanol–water partition coefficient (Wildman–Crippen LogP) is 3.09. The highest BCUT2D eigenvalue weighted by Crippen LogP contribution is 1.85. The molecule has 5 heteroatoms. The molecule has 0 aromatic carbocycles. The zero-order chi connectivity index (χ0) is 11.1. The first-order valence-corrected chi connectivity index (χ1v) is 5.08. The Balaban J connectivity index is -0.000000114. The van der Waals surface area contributed by atoms with Crippen LogP contribution in [0.4, 0.5) is 0 Å². The number of thiazole rings is 1. The normalized spacial score (nSPS) is 5.92. The second-order valence-corrected chi connectivity index (χ2v) is 1.87. The number of aromatic nitrogens is 1. The third kappa shape index (κ3) is 55.4. The minimum atomic E-state index is -0.500. The van der Waals surface area contributed by atoms with E-state index in [9.17, 15) is 0 Å². The van der Waals surface area contributed by atoms with Crippen LogP contribution in [0.25, 0.3) is 0 Å². The predicted molar refractivity (Wildman–Crippen MR) is 57.7 cm³/mol. The van der Waals surface area contributed by atoms with Gasteiger partial charge in [0.15, 0.2) is 7.05 Å². The van der Waals surface area contributed by atoms with E-state index in [0.29, 0.717) is 0 Å². The monoisotopic (exact) mass is 206 g/mol. The number of nitrogens with zero attached hydrogens (tertiary/aromatic N) is 2. The fourth-order valence-electron chi connectivity index (χ4n) is 0.176. The molecule has 0 spiro atoms. The molecule has 0 saturated carbocycles. The number of rotatable bonds is 0. The van der Waals surface area contributed by atoms with Crippen molar-refractivity contribution < 1.29 is 4.92 Å². The van der Waals surface area contributed by atoms with Crippen molar-refractivity contribution in [2.75, 3.05) is 7.05 Å². The molecule has 0 unspecified atom stereocenters. The van der Waals surface area contributed by atoms with Gasteiger partial charge in [-0.05, 0) is 0 Å². The third-order valence-electron chi connectivity index (χ3n) is 0.347. The summed E-state index contributed by atoms with van der Waals surface area (Å²) in [4.78, 5) is 12.0. The maximum absolute atomic E-state index is 8.81. The lowest BCUT2D eigenvalue weighted by molar-refractivity contribution is -0.445.